The molecule has 1 unspecified atom stereocenters. The number of hydrogen-bond donors (Lipinski definition) is 3. The number of halogens is 1. The molecule has 6 heteroatoms. The molecule has 0 heterocycles. The Morgan fingerprint density at radius 3 is 2.72 bits per heavy atom. The van der Waals surface area contributed by atoms with E-state index >= 15 is 0 Å². The van der Waals surface area contributed by atoms with E-state index in [1.54, 1.807) is 0 Å². The van der Waals surface area contributed by atoms with Crippen LogP contribution in [0.5, 0.6) is 0 Å². The molecule has 1 aromatic carbocycles. The number of carboxylic acids is 1. The molecule has 0 saturated heterocycles. The summed E-state index contributed by atoms with van der Waals surface area (Å²) in [6.07, 6.45) is 0. The van der Waals surface area contributed by atoms with Crippen LogP contribution in [-0.2, 0) is 16.1 Å². The van der Waals surface area contributed by atoms with Crippen LogP contribution in [0.4, 0.5) is 0 Å². The van der Waals surface area contributed by atoms with Gasteiger partial charge in [0.2, 0.25) is 5.91 Å². The van der Waals surface area contributed by atoms with Gasteiger partial charge < -0.3 is 15.7 Å². The van der Waals surface area contributed by atoms with Crippen molar-refractivity contribution < 1.29 is 14.7 Å². The molecule has 1 atom stereocenters. The molecule has 3 N–H and O–H groups in total. The average Bonchev–Trinajstić information content (AvgIpc) is 2.27. The fourth-order valence-corrected chi connectivity index (χ4v) is 1.90. The standard InChI is InChI=1S/C12H15BrN2O3/c1-8(16)15-11(12(17)18)7-14-6-9-3-2-4-10(13)5-9/h2-5,11,14H,6-7H2,1H3,(H,15,16)(H,17,18). The van der Waals surface area contributed by atoms with Gasteiger partial charge in [0, 0.05) is 24.5 Å². The van der Waals surface area contributed by atoms with Gasteiger partial charge in [0.1, 0.15) is 6.04 Å². The third-order valence-electron chi connectivity index (χ3n) is 2.24. The van der Waals surface area contributed by atoms with Crippen molar-refractivity contribution >= 4 is 27.8 Å². The minimum Gasteiger partial charge on any atom is -0.480 e. The maximum Gasteiger partial charge on any atom is 0.327 e. The Morgan fingerprint density at radius 1 is 1.44 bits per heavy atom. The largest absolute Gasteiger partial charge is 0.480 e. The van der Waals surface area contributed by atoms with Gasteiger partial charge in [-0.1, -0.05) is 28.1 Å². The number of aliphatic carboxylic acids is 1. The molecule has 0 bridgehead atoms. The zero-order chi connectivity index (χ0) is 13.5. The highest BCUT2D eigenvalue weighted by Crippen LogP contribution is 2.11. The Morgan fingerprint density at radius 2 is 2.17 bits per heavy atom. The number of carbonyl (C=O) groups is 2. The van der Waals surface area contributed by atoms with Crippen molar-refractivity contribution in [3.63, 3.8) is 0 Å². The Bertz CT molecular complexity index is 437. The molecule has 18 heavy (non-hydrogen) atoms. The highest BCUT2D eigenvalue weighted by Gasteiger charge is 2.17. The van der Waals surface area contributed by atoms with Gasteiger partial charge in [0.25, 0.3) is 0 Å². The molecule has 0 spiro atoms. The summed E-state index contributed by atoms with van der Waals surface area (Å²) in [5.41, 5.74) is 1.04. The number of nitrogens with one attached hydrogen (secondary N) is 2. The monoisotopic (exact) mass is 314 g/mol. The fourth-order valence-electron chi connectivity index (χ4n) is 1.45. The van der Waals surface area contributed by atoms with Crippen molar-refractivity contribution in [2.75, 3.05) is 6.54 Å². The van der Waals surface area contributed by atoms with Gasteiger partial charge in [-0.15, -0.1) is 0 Å². The Hall–Kier alpha value is -1.40. The molecule has 5 nitrogen and oxygen atoms in total. The molecule has 1 aromatic rings. The number of rotatable bonds is 6. The summed E-state index contributed by atoms with van der Waals surface area (Å²) in [6.45, 7) is 2.02. The van der Waals surface area contributed by atoms with Gasteiger partial charge in [-0.25, -0.2) is 4.79 Å². The average molecular weight is 315 g/mol. The minimum atomic E-state index is -1.05. The van der Waals surface area contributed by atoms with Gasteiger partial charge >= 0.3 is 5.97 Å². The van der Waals surface area contributed by atoms with Crippen molar-refractivity contribution in [3.8, 4) is 0 Å². The summed E-state index contributed by atoms with van der Waals surface area (Å²) in [6, 6.07) is 6.80. The van der Waals surface area contributed by atoms with Gasteiger partial charge in [0.05, 0.1) is 0 Å². The number of hydrogen-bond acceptors (Lipinski definition) is 3. The van der Waals surface area contributed by atoms with E-state index in [0.29, 0.717) is 6.54 Å². The first kappa shape index (κ1) is 14.7. The molecular formula is C12H15BrN2O3. The normalized spacial score (nSPS) is 11.9. The molecule has 0 radical (unpaired) electrons. The van der Waals surface area contributed by atoms with Crippen LogP contribution in [0.1, 0.15) is 12.5 Å². The van der Waals surface area contributed by atoms with E-state index in [0.717, 1.165) is 10.0 Å². The third-order valence-corrected chi connectivity index (χ3v) is 2.74. The smallest absolute Gasteiger partial charge is 0.327 e. The van der Waals surface area contributed by atoms with Crippen LogP contribution in [0.15, 0.2) is 28.7 Å². The number of amides is 1. The fraction of sp³-hybridized carbons (Fsp3) is 0.333. The predicted octanol–water partition coefficient (Wildman–Crippen LogP) is 1.13. The quantitative estimate of drug-likeness (QED) is 0.735. The van der Waals surface area contributed by atoms with E-state index in [1.807, 2.05) is 24.3 Å². The molecule has 0 aromatic heterocycles. The van der Waals surface area contributed by atoms with E-state index in [4.69, 9.17) is 5.11 Å². The molecule has 0 fully saturated rings. The van der Waals surface area contributed by atoms with Gasteiger partial charge in [0.15, 0.2) is 0 Å². The Labute approximate surface area is 114 Å². The molecule has 0 aliphatic heterocycles. The summed E-state index contributed by atoms with van der Waals surface area (Å²) in [5, 5.41) is 14.3. The first-order chi connectivity index (χ1) is 8.49. The minimum absolute atomic E-state index is 0.182. The Balaban J connectivity index is 2.43. The van der Waals surface area contributed by atoms with Crippen LogP contribution < -0.4 is 10.6 Å². The van der Waals surface area contributed by atoms with E-state index in [9.17, 15) is 9.59 Å². The van der Waals surface area contributed by atoms with Crippen molar-refractivity contribution in [2.24, 2.45) is 0 Å². The third kappa shape index (κ3) is 5.29. The van der Waals surface area contributed by atoms with E-state index in [-0.39, 0.29) is 12.5 Å². The number of carbonyl (C=O) groups excluding carboxylic acids is 1. The molecule has 0 saturated carbocycles. The van der Waals surface area contributed by atoms with E-state index < -0.39 is 12.0 Å². The van der Waals surface area contributed by atoms with E-state index in [2.05, 4.69) is 26.6 Å². The van der Waals surface area contributed by atoms with Crippen molar-refractivity contribution in [3.05, 3.63) is 34.3 Å². The van der Waals surface area contributed by atoms with Crippen molar-refractivity contribution in [1.82, 2.24) is 10.6 Å². The molecular weight excluding hydrogens is 300 g/mol. The summed E-state index contributed by atoms with van der Waals surface area (Å²) in [4.78, 5) is 21.7. The summed E-state index contributed by atoms with van der Waals surface area (Å²) >= 11 is 3.36. The zero-order valence-corrected chi connectivity index (χ0v) is 11.5. The van der Waals surface area contributed by atoms with Crippen molar-refractivity contribution in [1.29, 1.82) is 0 Å². The lowest BCUT2D eigenvalue weighted by Crippen LogP contribution is -2.46. The summed E-state index contributed by atoms with van der Waals surface area (Å²) in [5.74, 6) is -1.40. The maximum atomic E-state index is 10.9. The molecule has 0 aliphatic rings. The SMILES string of the molecule is CC(=O)NC(CNCc1cccc(Br)c1)C(=O)O. The van der Waals surface area contributed by atoms with Crippen LogP contribution in [0.25, 0.3) is 0 Å². The topological polar surface area (TPSA) is 78.4 Å². The molecule has 98 valence electrons. The van der Waals surface area contributed by atoms with Gasteiger partial charge in [-0.3, -0.25) is 4.79 Å². The van der Waals surface area contributed by atoms with Crippen LogP contribution in [0.2, 0.25) is 0 Å². The first-order valence-electron chi connectivity index (χ1n) is 5.44. The second-order valence-electron chi connectivity index (χ2n) is 3.85. The lowest BCUT2D eigenvalue weighted by atomic mass is 10.2. The second kappa shape index (κ2) is 7.13. The predicted molar refractivity (Wildman–Crippen MR) is 71.1 cm³/mol. The van der Waals surface area contributed by atoms with Crippen LogP contribution in [0.3, 0.4) is 0 Å². The summed E-state index contributed by atoms with van der Waals surface area (Å²) < 4.78 is 0.971. The molecule has 1 rings (SSSR count). The Kier molecular flexibility index (Phi) is 5.80. The lowest BCUT2D eigenvalue weighted by molar-refractivity contribution is -0.141. The number of carboxylic acid groups (broad SMARTS) is 1. The highest BCUT2D eigenvalue weighted by molar-refractivity contribution is 9.10. The summed E-state index contributed by atoms with van der Waals surface area (Å²) in [7, 11) is 0. The molecule has 0 aliphatic carbocycles. The first-order valence-corrected chi connectivity index (χ1v) is 6.23. The van der Waals surface area contributed by atoms with Gasteiger partial charge in [-0.05, 0) is 17.7 Å². The van der Waals surface area contributed by atoms with Crippen LogP contribution in [-0.4, -0.2) is 29.6 Å². The van der Waals surface area contributed by atoms with Gasteiger partial charge in [-0.2, -0.15) is 0 Å². The van der Waals surface area contributed by atoms with Crippen LogP contribution >= 0.6 is 15.9 Å². The van der Waals surface area contributed by atoms with Crippen molar-refractivity contribution in [2.45, 2.75) is 19.5 Å². The molecule has 1 amide bonds. The van der Waals surface area contributed by atoms with E-state index in [1.165, 1.54) is 6.92 Å². The second-order valence-corrected chi connectivity index (χ2v) is 4.77. The maximum absolute atomic E-state index is 10.9. The zero-order valence-electron chi connectivity index (χ0n) is 9.94. The lowest BCUT2D eigenvalue weighted by Gasteiger charge is -2.14. The highest BCUT2D eigenvalue weighted by atomic mass is 79.9. The van der Waals surface area contributed by atoms with Crippen LogP contribution in [0, 0.1) is 0 Å². The number of benzene rings is 1.